The van der Waals surface area contributed by atoms with Crippen molar-refractivity contribution in [2.45, 2.75) is 19.5 Å². The molecule has 1 unspecified atom stereocenters. The number of hydrogen-bond donors (Lipinski definition) is 2. The van der Waals surface area contributed by atoms with Crippen LogP contribution in [-0.4, -0.2) is 26.9 Å². The number of nitrogens with two attached hydrogens (primary N) is 1. The van der Waals surface area contributed by atoms with E-state index in [-0.39, 0.29) is 6.04 Å². The van der Waals surface area contributed by atoms with Gasteiger partial charge in [0.1, 0.15) is 11.9 Å². The molecule has 0 aliphatic rings. The minimum atomic E-state index is -0.293. The molecular weight excluding hydrogens is 232 g/mol. The van der Waals surface area contributed by atoms with Crippen LogP contribution in [0.5, 0.6) is 5.88 Å². The molecule has 0 fully saturated rings. The Bertz CT molecular complexity index is 494. The van der Waals surface area contributed by atoms with Gasteiger partial charge in [0.05, 0.1) is 12.8 Å². The second-order valence-electron chi connectivity index (χ2n) is 3.67. The van der Waals surface area contributed by atoms with Gasteiger partial charge in [-0.1, -0.05) is 0 Å². The molecule has 2 heterocycles. The number of ether oxygens (including phenoxy) is 1. The number of aryl methyl sites for hydroxylation is 1. The van der Waals surface area contributed by atoms with Crippen molar-refractivity contribution >= 4 is 0 Å². The summed E-state index contributed by atoms with van der Waals surface area (Å²) in [6.07, 6.45) is 3.64. The van der Waals surface area contributed by atoms with Crippen LogP contribution in [0.15, 0.2) is 24.5 Å². The maximum atomic E-state index is 5.59. The van der Waals surface area contributed by atoms with Gasteiger partial charge >= 0.3 is 0 Å². The molecule has 0 spiro atoms. The monoisotopic (exact) mass is 248 g/mol. The summed E-state index contributed by atoms with van der Waals surface area (Å²) in [4.78, 5) is 4.30. The smallest absolute Gasteiger partial charge is 0.233 e. The van der Waals surface area contributed by atoms with Crippen LogP contribution in [-0.2, 0) is 6.54 Å². The number of aromatic nitrogens is 4. The van der Waals surface area contributed by atoms with Gasteiger partial charge in [0.25, 0.3) is 0 Å². The topological polar surface area (TPSA) is 90.9 Å². The van der Waals surface area contributed by atoms with Crippen LogP contribution in [0.25, 0.3) is 0 Å². The molecule has 2 rings (SSSR count). The van der Waals surface area contributed by atoms with Crippen molar-refractivity contribution in [3.05, 3.63) is 36.0 Å². The Labute approximate surface area is 105 Å². The van der Waals surface area contributed by atoms with E-state index < -0.39 is 0 Å². The van der Waals surface area contributed by atoms with Crippen molar-refractivity contribution in [3.8, 4) is 5.88 Å². The average molecular weight is 248 g/mol. The summed E-state index contributed by atoms with van der Waals surface area (Å²) in [5.74, 6) is 6.86. The fraction of sp³-hybridized carbons (Fsp3) is 0.364. The molecule has 0 amide bonds. The Morgan fingerprint density at radius 2 is 2.28 bits per heavy atom. The first-order valence-electron chi connectivity index (χ1n) is 5.65. The van der Waals surface area contributed by atoms with Gasteiger partial charge in [-0.2, -0.15) is 0 Å². The fourth-order valence-electron chi connectivity index (χ4n) is 1.73. The molecule has 0 aliphatic heterocycles. The Morgan fingerprint density at radius 1 is 1.44 bits per heavy atom. The third-order valence-electron chi connectivity index (χ3n) is 2.68. The number of nitrogens with one attached hydrogen (secondary N) is 1. The summed E-state index contributed by atoms with van der Waals surface area (Å²) >= 11 is 0. The standard InChI is InChI=1S/C11H16N6O/c1-3-17-7-6-13-11(17)10(14-12)8-4-5-9(18-2)16-15-8/h4-7,10,14H,3,12H2,1-2H3. The third-order valence-corrected chi connectivity index (χ3v) is 2.68. The summed E-state index contributed by atoms with van der Waals surface area (Å²) in [6, 6.07) is 3.26. The second kappa shape index (κ2) is 5.56. The molecule has 0 aliphatic carbocycles. The van der Waals surface area contributed by atoms with Crippen LogP contribution in [0.4, 0.5) is 0 Å². The molecular formula is C11H16N6O. The molecule has 96 valence electrons. The molecule has 0 aromatic carbocycles. The first kappa shape index (κ1) is 12.5. The molecule has 0 bridgehead atoms. The molecule has 1 atom stereocenters. The summed E-state index contributed by atoms with van der Waals surface area (Å²) in [5.41, 5.74) is 3.40. The van der Waals surface area contributed by atoms with Crippen molar-refractivity contribution in [3.63, 3.8) is 0 Å². The molecule has 3 N–H and O–H groups in total. The van der Waals surface area contributed by atoms with Gasteiger partial charge in [0.2, 0.25) is 5.88 Å². The first-order chi connectivity index (χ1) is 8.80. The van der Waals surface area contributed by atoms with E-state index in [2.05, 4.69) is 20.6 Å². The molecule has 2 aromatic heterocycles. The SMILES string of the molecule is CCn1ccnc1C(NN)c1ccc(OC)nn1. The van der Waals surface area contributed by atoms with E-state index in [0.29, 0.717) is 11.6 Å². The van der Waals surface area contributed by atoms with Gasteiger partial charge in [0, 0.05) is 25.0 Å². The van der Waals surface area contributed by atoms with Crippen molar-refractivity contribution in [1.29, 1.82) is 0 Å². The lowest BCUT2D eigenvalue weighted by Gasteiger charge is -2.15. The van der Waals surface area contributed by atoms with Gasteiger partial charge in [-0.3, -0.25) is 5.84 Å². The zero-order valence-electron chi connectivity index (χ0n) is 10.4. The Kier molecular flexibility index (Phi) is 3.85. The van der Waals surface area contributed by atoms with Crippen LogP contribution in [0.1, 0.15) is 24.5 Å². The van der Waals surface area contributed by atoms with Crippen LogP contribution in [0, 0.1) is 0 Å². The number of hydrazine groups is 1. The largest absolute Gasteiger partial charge is 0.480 e. The maximum absolute atomic E-state index is 5.59. The third kappa shape index (κ3) is 2.31. The lowest BCUT2D eigenvalue weighted by atomic mass is 10.2. The van der Waals surface area contributed by atoms with E-state index >= 15 is 0 Å². The van der Waals surface area contributed by atoms with E-state index in [4.69, 9.17) is 10.6 Å². The number of hydrogen-bond acceptors (Lipinski definition) is 6. The number of nitrogens with zero attached hydrogens (tertiary/aromatic N) is 4. The second-order valence-corrected chi connectivity index (χ2v) is 3.67. The number of rotatable bonds is 5. The molecule has 7 heteroatoms. The summed E-state index contributed by atoms with van der Waals surface area (Å²) in [5, 5.41) is 8.01. The maximum Gasteiger partial charge on any atom is 0.233 e. The first-order valence-corrected chi connectivity index (χ1v) is 5.65. The zero-order chi connectivity index (χ0) is 13.0. The van der Waals surface area contributed by atoms with E-state index in [9.17, 15) is 0 Å². The zero-order valence-corrected chi connectivity index (χ0v) is 10.4. The molecule has 0 saturated carbocycles. The quantitative estimate of drug-likeness (QED) is 0.582. The highest BCUT2D eigenvalue weighted by molar-refractivity contribution is 5.20. The van der Waals surface area contributed by atoms with Gasteiger partial charge in [-0.05, 0) is 13.0 Å². The number of imidazole rings is 1. The van der Waals surface area contributed by atoms with Gasteiger partial charge in [-0.15, -0.1) is 10.2 Å². The normalized spacial score (nSPS) is 12.4. The van der Waals surface area contributed by atoms with Crippen LogP contribution in [0.3, 0.4) is 0 Å². The summed E-state index contributed by atoms with van der Waals surface area (Å²) < 4.78 is 6.97. The molecule has 2 aromatic rings. The Balaban J connectivity index is 2.32. The van der Waals surface area contributed by atoms with Gasteiger partial charge in [-0.25, -0.2) is 10.4 Å². The minimum absolute atomic E-state index is 0.293. The van der Waals surface area contributed by atoms with Gasteiger partial charge < -0.3 is 9.30 Å². The van der Waals surface area contributed by atoms with E-state index in [1.165, 1.54) is 0 Å². The lowest BCUT2D eigenvalue weighted by molar-refractivity contribution is 0.389. The van der Waals surface area contributed by atoms with Crippen LogP contribution in [0.2, 0.25) is 0 Å². The summed E-state index contributed by atoms with van der Waals surface area (Å²) in [6.45, 7) is 2.86. The summed E-state index contributed by atoms with van der Waals surface area (Å²) in [7, 11) is 1.55. The predicted octanol–water partition coefficient (Wildman–Crippen LogP) is 0.254. The Morgan fingerprint density at radius 3 is 2.83 bits per heavy atom. The van der Waals surface area contributed by atoms with Crippen molar-refractivity contribution in [1.82, 2.24) is 25.2 Å². The van der Waals surface area contributed by atoms with Crippen LogP contribution >= 0.6 is 0 Å². The van der Waals surface area contributed by atoms with Crippen molar-refractivity contribution < 1.29 is 4.74 Å². The highest BCUT2D eigenvalue weighted by Gasteiger charge is 2.19. The van der Waals surface area contributed by atoms with Crippen LogP contribution < -0.4 is 16.0 Å². The highest BCUT2D eigenvalue weighted by Crippen LogP contribution is 2.18. The van der Waals surface area contributed by atoms with Crippen molar-refractivity contribution in [2.24, 2.45) is 5.84 Å². The van der Waals surface area contributed by atoms with Gasteiger partial charge in [0.15, 0.2) is 0 Å². The fourth-order valence-corrected chi connectivity index (χ4v) is 1.73. The molecule has 0 radical (unpaired) electrons. The average Bonchev–Trinajstić information content (AvgIpc) is 2.89. The minimum Gasteiger partial charge on any atom is -0.480 e. The van der Waals surface area contributed by atoms with Crippen molar-refractivity contribution in [2.75, 3.05) is 7.11 Å². The highest BCUT2D eigenvalue weighted by atomic mass is 16.5. The Hall–Kier alpha value is -1.99. The number of methoxy groups -OCH3 is 1. The van der Waals surface area contributed by atoms with E-state index in [1.54, 1.807) is 19.4 Å². The predicted molar refractivity (Wildman–Crippen MR) is 65.7 cm³/mol. The van der Waals surface area contributed by atoms with E-state index in [0.717, 1.165) is 12.4 Å². The molecule has 18 heavy (non-hydrogen) atoms. The van der Waals surface area contributed by atoms with E-state index in [1.807, 2.05) is 23.8 Å². The lowest BCUT2D eigenvalue weighted by Crippen LogP contribution is -2.31. The molecule has 7 nitrogen and oxygen atoms in total. The molecule has 0 saturated heterocycles.